The summed E-state index contributed by atoms with van der Waals surface area (Å²) in [7, 11) is 0. The number of hydrogen-bond donors (Lipinski definition) is 2. The lowest BCUT2D eigenvalue weighted by Gasteiger charge is -2.32. The van der Waals surface area contributed by atoms with Gasteiger partial charge in [-0.25, -0.2) is 0 Å². The van der Waals surface area contributed by atoms with E-state index in [1.165, 1.54) is 5.56 Å². The second-order valence-electron chi connectivity index (χ2n) is 7.67. The molecule has 0 saturated carbocycles. The van der Waals surface area contributed by atoms with Crippen LogP contribution < -0.4 is 10.6 Å². The number of rotatable bonds is 4. The Bertz CT molecular complexity index is 905. The van der Waals surface area contributed by atoms with Crippen molar-refractivity contribution in [2.24, 2.45) is 0 Å². The van der Waals surface area contributed by atoms with Crippen molar-refractivity contribution in [2.45, 2.75) is 37.6 Å². The first-order chi connectivity index (χ1) is 14.1. The molecule has 0 spiro atoms. The van der Waals surface area contributed by atoms with Gasteiger partial charge in [-0.05, 0) is 42.9 Å². The predicted octanol–water partition coefficient (Wildman–Crippen LogP) is 2.92. The summed E-state index contributed by atoms with van der Waals surface area (Å²) < 4.78 is 0. The van der Waals surface area contributed by atoms with E-state index in [0.29, 0.717) is 23.6 Å². The van der Waals surface area contributed by atoms with E-state index in [1.807, 2.05) is 11.0 Å². The van der Waals surface area contributed by atoms with Gasteiger partial charge < -0.3 is 15.5 Å². The van der Waals surface area contributed by atoms with Gasteiger partial charge in [-0.2, -0.15) is 0 Å². The van der Waals surface area contributed by atoms with Crippen LogP contribution in [0.25, 0.3) is 0 Å². The number of nitrogens with one attached hydrogen (secondary N) is 2. The summed E-state index contributed by atoms with van der Waals surface area (Å²) in [6.07, 6.45) is 2.44. The number of carbonyl (C=O) groups excluding carboxylic acids is 3. The molecule has 0 unspecified atom stereocenters. The second kappa shape index (κ2) is 8.47. The molecule has 6 heteroatoms. The Hall–Kier alpha value is -3.15. The molecule has 3 amide bonds. The number of fused-ring (bicyclic) bond motifs is 1. The van der Waals surface area contributed by atoms with E-state index in [0.717, 1.165) is 25.9 Å². The molecule has 4 rings (SSSR count). The van der Waals surface area contributed by atoms with Crippen LogP contribution in [0.4, 0.5) is 5.69 Å². The topological polar surface area (TPSA) is 78.5 Å². The lowest BCUT2D eigenvalue weighted by Crippen LogP contribution is -2.43. The number of amides is 3. The molecule has 0 bridgehead atoms. The Labute approximate surface area is 170 Å². The molecule has 2 aliphatic heterocycles. The average Bonchev–Trinajstić information content (AvgIpc) is 2.88. The molecule has 2 aromatic rings. The second-order valence-corrected chi connectivity index (χ2v) is 7.67. The van der Waals surface area contributed by atoms with Gasteiger partial charge in [-0.1, -0.05) is 42.5 Å². The molecule has 6 nitrogen and oxygen atoms in total. The number of carbonyl (C=O) groups is 3. The van der Waals surface area contributed by atoms with E-state index in [-0.39, 0.29) is 24.1 Å². The highest BCUT2D eigenvalue weighted by atomic mass is 16.2. The van der Waals surface area contributed by atoms with Gasteiger partial charge in [0.15, 0.2) is 0 Å². The van der Waals surface area contributed by atoms with Gasteiger partial charge in [-0.15, -0.1) is 0 Å². The first-order valence-corrected chi connectivity index (χ1v) is 10.2. The molecule has 1 fully saturated rings. The summed E-state index contributed by atoms with van der Waals surface area (Å²) >= 11 is 0. The van der Waals surface area contributed by atoms with E-state index in [2.05, 4.69) is 34.9 Å². The van der Waals surface area contributed by atoms with Crippen molar-refractivity contribution in [3.05, 3.63) is 65.7 Å². The summed E-state index contributed by atoms with van der Waals surface area (Å²) in [6.45, 7) is 1.46. The molecule has 0 aromatic heterocycles. The van der Waals surface area contributed by atoms with E-state index < -0.39 is 6.04 Å². The Balaban J connectivity index is 1.30. The summed E-state index contributed by atoms with van der Waals surface area (Å²) in [5.74, 6) is -0.0371. The number of likely N-dealkylation sites (tertiary alicyclic amines) is 1. The predicted molar refractivity (Wildman–Crippen MR) is 111 cm³/mol. The van der Waals surface area contributed by atoms with Crippen molar-refractivity contribution in [1.82, 2.24) is 10.2 Å². The number of para-hydroxylation sites is 1. The number of nitrogens with zero attached hydrogens (tertiary/aromatic N) is 1. The Kier molecular flexibility index (Phi) is 5.60. The minimum atomic E-state index is -0.708. The van der Waals surface area contributed by atoms with Crippen LogP contribution in [0, 0.1) is 0 Å². The van der Waals surface area contributed by atoms with Crippen molar-refractivity contribution in [2.75, 3.05) is 18.4 Å². The lowest BCUT2D eigenvalue weighted by molar-refractivity contribution is -0.132. The lowest BCUT2D eigenvalue weighted by atomic mass is 9.89. The van der Waals surface area contributed by atoms with Gasteiger partial charge in [0, 0.05) is 19.5 Å². The summed E-state index contributed by atoms with van der Waals surface area (Å²) in [5.41, 5.74) is 2.28. The highest BCUT2D eigenvalue weighted by Gasteiger charge is 2.29. The molecular weight excluding hydrogens is 366 g/mol. The van der Waals surface area contributed by atoms with Crippen LogP contribution in [0.5, 0.6) is 0 Å². The van der Waals surface area contributed by atoms with Gasteiger partial charge in [-0.3, -0.25) is 14.4 Å². The molecule has 2 aromatic carbocycles. The van der Waals surface area contributed by atoms with Crippen molar-refractivity contribution in [3.8, 4) is 0 Å². The zero-order valence-electron chi connectivity index (χ0n) is 16.3. The Morgan fingerprint density at radius 2 is 1.66 bits per heavy atom. The third-order valence-electron chi connectivity index (χ3n) is 5.82. The first-order valence-electron chi connectivity index (χ1n) is 10.2. The number of anilines is 1. The van der Waals surface area contributed by atoms with Crippen LogP contribution in [-0.2, 0) is 9.59 Å². The van der Waals surface area contributed by atoms with E-state index in [9.17, 15) is 14.4 Å². The molecule has 2 N–H and O–H groups in total. The van der Waals surface area contributed by atoms with Crippen LogP contribution in [0.1, 0.15) is 47.5 Å². The summed E-state index contributed by atoms with van der Waals surface area (Å²) in [5, 5.41) is 5.53. The van der Waals surface area contributed by atoms with Crippen molar-refractivity contribution < 1.29 is 14.4 Å². The average molecular weight is 391 g/mol. The molecule has 2 heterocycles. The molecule has 1 saturated heterocycles. The number of benzene rings is 2. The maximum Gasteiger partial charge on any atom is 0.254 e. The van der Waals surface area contributed by atoms with Gasteiger partial charge in [0.05, 0.1) is 11.3 Å². The molecule has 0 aliphatic carbocycles. The fourth-order valence-electron chi connectivity index (χ4n) is 4.13. The number of piperidine rings is 1. The third kappa shape index (κ3) is 4.31. The normalized spacial score (nSPS) is 19.7. The van der Waals surface area contributed by atoms with Gasteiger partial charge >= 0.3 is 0 Å². The SMILES string of the molecule is O=C1N[C@H](CCC(=O)N2CCC(c3ccccc3)CC2)C(=O)Nc2ccccc21. The quantitative estimate of drug-likeness (QED) is 0.841. The van der Waals surface area contributed by atoms with Gasteiger partial charge in [0.1, 0.15) is 6.04 Å². The minimum absolute atomic E-state index is 0.0420. The monoisotopic (exact) mass is 391 g/mol. The van der Waals surface area contributed by atoms with Gasteiger partial charge in [0.2, 0.25) is 11.8 Å². The van der Waals surface area contributed by atoms with Gasteiger partial charge in [0.25, 0.3) is 5.91 Å². The highest BCUT2D eigenvalue weighted by Crippen LogP contribution is 2.28. The largest absolute Gasteiger partial charge is 0.343 e. The van der Waals surface area contributed by atoms with E-state index in [4.69, 9.17) is 0 Å². The third-order valence-corrected chi connectivity index (χ3v) is 5.82. The highest BCUT2D eigenvalue weighted by molar-refractivity contribution is 6.09. The van der Waals surface area contributed by atoms with Crippen molar-refractivity contribution in [1.29, 1.82) is 0 Å². The van der Waals surface area contributed by atoms with E-state index >= 15 is 0 Å². The Morgan fingerprint density at radius 1 is 0.966 bits per heavy atom. The smallest absolute Gasteiger partial charge is 0.254 e. The van der Waals surface area contributed by atoms with Crippen LogP contribution in [-0.4, -0.2) is 41.8 Å². The molecular formula is C23H25N3O3. The maximum absolute atomic E-state index is 12.7. The standard InChI is InChI=1S/C23H25N3O3/c27-21(26-14-12-17(13-15-26)16-6-2-1-3-7-16)11-10-20-23(29)24-19-9-5-4-8-18(19)22(28)25-20/h1-9,17,20H,10-15H2,(H,24,29)(H,25,28)/t20-/m1/s1. The summed E-state index contributed by atoms with van der Waals surface area (Å²) in [4.78, 5) is 39.4. The molecule has 29 heavy (non-hydrogen) atoms. The number of hydrogen-bond acceptors (Lipinski definition) is 3. The van der Waals surface area contributed by atoms with Crippen molar-refractivity contribution in [3.63, 3.8) is 0 Å². The first kappa shape index (κ1) is 19.2. The zero-order chi connectivity index (χ0) is 20.2. The van der Waals surface area contributed by atoms with Crippen LogP contribution in [0.2, 0.25) is 0 Å². The zero-order valence-corrected chi connectivity index (χ0v) is 16.3. The summed E-state index contributed by atoms with van der Waals surface area (Å²) in [6, 6.07) is 16.6. The maximum atomic E-state index is 12.7. The molecule has 1 atom stereocenters. The van der Waals surface area contributed by atoms with E-state index in [1.54, 1.807) is 24.3 Å². The minimum Gasteiger partial charge on any atom is -0.343 e. The van der Waals surface area contributed by atoms with Crippen molar-refractivity contribution >= 4 is 23.4 Å². The van der Waals surface area contributed by atoms with Crippen LogP contribution >= 0.6 is 0 Å². The van der Waals surface area contributed by atoms with Crippen LogP contribution in [0.15, 0.2) is 54.6 Å². The van der Waals surface area contributed by atoms with Crippen LogP contribution in [0.3, 0.4) is 0 Å². The fourth-order valence-corrected chi connectivity index (χ4v) is 4.13. The molecule has 150 valence electrons. The Morgan fingerprint density at radius 3 is 2.41 bits per heavy atom. The molecule has 0 radical (unpaired) electrons. The molecule has 2 aliphatic rings. The fraction of sp³-hybridized carbons (Fsp3) is 0.348.